The van der Waals surface area contributed by atoms with Gasteiger partial charge in [0.25, 0.3) is 11.8 Å². The zero-order valence-corrected chi connectivity index (χ0v) is 17.4. The molecule has 0 radical (unpaired) electrons. The normalized spacial score (nSPS) is 26.3. The van der Waals surface area contributed by atoms with Gasteiger partial charge in [-0.3, -0.25) is 4.79 Å². The first kappa shape index (κ1) is 20.1. The van der Waals surface area contributed by atoms with Crippen molar-refractivity contribution in [2.75, 3.05) is 18.0 Å². The lowest BCUT2D eigenvalue weighted by Crippen LogP contribution is -2.59. The molecule has 9 heteroatoms. The molecular weight excluding hydrogens is 406 g/mol. The number of amides is 1. The van der Waals surface area contributed by atoms with Gasteiger partial charge in [-0.1, -0.05) is 13.0 Å². The van der Waals surface area contributed by atoms with Crippen molar-refractivity contribution in [3.05, 3.63) is 35.0 Å². The topological polar surface area (TPSA) is 87.6 Å². The van der Waals surface area contributed by atoms with Crippen molar-refractivity contribution in [1.29, 1.82) is 0 Å². The SMILES string of the molecule is CCC1CNC(=O)c2ccc(-c3nc(N4C[C@@H](O)[C@@H]4C)nc4c3CCC4(F)F)cc2O1. The second-order valence-corrected chi connectivity index (χ2v) is 8.43. The highest BCUT2D eigenvalue weighted by Crippen LogP contribution is 2.45. The number of β-amino-alcohol motifs (C(OH)–C–C–N with tert-alkyl or cyclic N) is 1. The van der Waals surface area contributed by atoms with Gasteiger partial charge in [0, 0.05) is 24.1 Å². The zero-order chi connectivity index (χ0) is 21.9. The Morgan fingerprint density at radius 3 is 2.87 bits per heavy atom. The van der Waals surface area contributed by atoms with Gasteiger partial charge in [0.2, 0.25) is 5.95 Å². The van der Waals surface area contributed by atoms with Crippen molar-refractivity contribution >= 4 is 11.9 Å². The number of anilines is 1. The summed E-state index contributed by atoms with van der Waals surface area (Å²) in [4.78, 5) is 23.0. The number of hydrogen-bond acceptors (Lipinski definition) is 6. The highest BCUT2D eigenvalue weighted by Gasteiger charge is 2.45. The fourth-order valence-electron chi connectivity index (χ4n) is 4.34. The van der Waals surface area contributed by atoms with Gasteiger partial charge in [-0.05, 0) is 31.9 Å². The first-order valence-electron chi connectivity index (χ1n) is 10.6. The van der Waals surface area contributed by atoms with E-state index in [0.29, 0.717) is 41.2 Å². The first-order valence-corrected chi connectivity index (χ1v) is 10.6. The average molecular weight is 430 g/mol. The van der Waals surface area contributed by atoms with E-state index in [0.717, 1.165) is 6.42 Å². The van der Waals surface area contributed by atoms with Crippen LogP contribution in [-0.4, -0.2) is 52.3 Å². The fourth-order valence-corrected chi connectivity index (χ4v) is 4.34. The van der Waals surface area contributed by atoms with Gasteiger partial charge in [-0.2, -0.15) is 8.78 Å². The summed E-state index contributed by atoms with van der Waals surface area (Å²) in [5.74, 6) is -2.64. The zero-order valence-electron chi connectivity index (χ0n) is 17.4. The number of ether oxygens (including phenoxy) is 1. The maximum Gasteiger partial charge on any atom is 0.290 e. The number of aliphatic hydroxyl groups is 1. The van der Waals surface area contributed by atoms with Crippen LogP contribution in [0.4, 0.5) is 14.7 Å². The third-order valence-electron chi connectivity index (χ3n) is 6.46. The Bertz CT molecular complexity index is 1060. The molecule has 0 bridgehead atoms. The molecule has 31 heavy (non-hydrogen) atoms. The maximum atomic E-state index is 14.6. The molecule has 2 aliphatic heterocycles. The summed E-state index contributed by atoms with van der Waals surface area (Å²) >= 11 is 0. The van der Waals surface area contributed by atoms with Gasteiger partial charge in [0.1, 0.15) is 17.5 Å². The van der Waals surface area contributed by atoms with Gasteiger partial charge in [0.15, 0.2) is 0 Å². The van der Waals surface area contributed by atoms with Crippen LogP contribution in [0.25, 0.3) is 11.3 Å². The quantitative estimate of drug-likeness (QED) is 0.779. The average Bonchev–Trinajstić information content (AvgIpc) is 2.97. The Hall–Kier alpha value is -2.81. The van der Waals surface area contributed by atoms with Crippen molar-refractivity contribution < 1.29 is 23.4 Å². The van der Waals surface area contributed by atoms with Crippen LogP contribution < -0.4 is 15.0 Å². The Morgan fingerprint density at radius 2 is 2.16 bits per heavy atom. The summed E-state index contributed by atoms with van der Waals surface area (Å²) < 4.78 is 35.2. The van der Waals surface area contributed by atoms with Crippen LogP contribution in [0.2, 0.25) is 0 Å². The molecule has 7 nitrogen and oxygen atoms in total. The Balaban J connectivity index is 1.63. The summed E-state index contributed by atoms with van der Waals surface area (Å²) in [5.41, 5.74) is 1.62. The van der Waals surface area contributed by atoms with Crippen molar-refractivity contribution in [2.24, 2.45) is 0 Å². The minimum atomic E-state index is -3.02. The Labute approximate surface area is 178 Å². The third-order valence-corrected chi connectivity index (χ3v) is 6.46. The number of aromatic nitrogens is 2. The van der Waals surface area contributed by atoms with Crippen molar-refractivity contribution in [3.63, 3.8) is 0 Å². The van der Waals surface area contributed by atoms with E-state index < -0.39 is 12.0 Å². The van der Waals surface area contributed by atoms with E-state index in [1.165, 1.54) is 0 Å². The lowest BCUT2D eigenvalue weighted by atomic mass is 10.0. The van der Waals surface area contributed by atoms with Crippen LogP contribution in [0.3, 0.4) is 0 Å². The number of halogens is 2. The van der Waals surface area contributed by atoms with Gasteiger partial charge in [-0.15, -0.1) is 0 Å². The van der Waals surface area contributed by atoms with E-state index >= 15 is 0 Å². The minimum Gasteiger partial charge on any atom is -0.488 e. The molecule has 3 atom stereocenters. The van der Waals surface area contributed by atoms with E-state index in [2.05, 4.69) is 15.3 Å². The van der Waals surface area contributed by atoms with E-state index in [1.54, 1.807) is 23.1 Å². The molecule has 0 spiro atoms. The van der Waals surface area contributed by atoms with Crippen LogP contribution in [0.15, 0.2) is 18.2 Å². The number of nitrogens with zero attached hydrogens (tertiary/aromatic N) is 3. The molecule has 5 rings (SSSR count). The first-order chi connectivity index (χ1) is 14.8. The molecule has 1 fully saturated rings. The van der Waals surface area contributed by atoms with E-state index in [4.69, 9.17) is 4.74 Å². The van der Waals surface area contributed by atoms with Crippen molar-refractivity contribution in [2.45, 2.75) is 57.3 Å². The predicted octanol–water partition coefficient (Wildman–Crippen LogP) is 2.65. The van der Waals surface area contributed by atoms with Gasteiger partial charge in [0.05, 0.1) is 29.9 Å². The number of nitrogens with one attached hydrogen (secondary N) is 1. The maximum absolute atomic E-state index is 14.6. The molecule has 1 unspecified atom stereocenters. The van der Waals surface area contributed by atoms with Crippen molar-refractivity contribution in [1.82, 2.24) is 15.3 Å². The van der Waals surface area contributed by atoms with Gasteiger partial charge in [-0.25, -0.2) is 9.97 Å². The number of alkyl halides is 2. The van der Waals surface area contributed by atoms with Crippen LogP contribution >= 0.6 is 0 Å². The highest BCUT2D eigenvalue weighted by atomic mass is 19.3. The molecule has 1 aliphatic carbocycles. The number of hydrogen-bond donors (Lipinski definition) is 2. The standard InChI is InChI=1S/C22H24F2N4O3/c1-3-13-9-25-20(30)14-5-4-12(8-17(14)31-13)18-15-6-7-22(23,24)19(15)27-21(26-18)28-10-16(29)11(28)2/h4-5,8,11,13,16,29H,3,6-7,9-10H2,1-2H3,(H,25,30)/t11-,13?,16+/m0/s1. The third kappa shape index (κ3) is 3.22. The number of carbonyl (C=O) groups excluding carboxylic acids is 1. The summed E-state index contributed by atoms with van der Waals surface area (Å²) in [6, 6.07) is 4.83. The summed E-state index contributed by atoms with van der Waals surface area (Å²) in [6.45, 7) is 4.49. The summed E-state index contributed by atoms with van der Waals surface area (Å²) in [5, 5.41) is 12.7. The second-order valence-electron chi connectivity index (χ2n) is 8.43. The summed E-state index contributed by atoms with van der Waals surface area (Å²) in [6.07, 6.45) is -0.121. The molecule has 3 heterocycles. The molecule has 1 amide bonds. The van der Waals surface area contributed by atoms with Crippen molar-refractivity contribution in [3.8, 4) is 17.0 Å². The van der Waals surface area contributed by atoms with Crippen LogP contribution in [0.5, 0.6) is 5.75 Å². The molecule has 1 aromatic heterocycles. The Kier molecular flexibility index (Phi) is 4.62. The smallest absolute Gasteiger partial charge is 0.290 e. The molecular formula is C22H24F2N4O3. The van der Waals surface area contributed by atoms with E-state index in [9.17, 15) is 18.7 Å². The number of benzene rings is 1. The number of fused-ring (bicyclic) bond motifs is 2. The molecule has 1 saturated heterocycles. The van der Waals surface area contributed by atoms with Gasteiger partial charge >= 0.3 is 0 Å². The van der Waals surface area contributed by atoms with Crippen LogP contribution in [-0.2, 0) is 12.3 Å². The minimum absolute atomic E-state index is 0.167. The molecule has 2 aromatic rings. The molecule has 0 saturated carbocycles. The molecule has 1 aromatic carbocycles. The molecule has 3 aliphatic rings. The second kappa shape index (κ2) is 7.12. The number of carbonyl (C=O) groups is 1. The predicted molar refractivity (Wildman–Crippen MR) is 110 cm³/mol. The van der Waals surface area contributed by atoms with E-state index in [-0.39, 0.29) is 42.5 Å². The molecule has 164 valence electrons. The van der Waals surface area contributed by atoms with Crippen LogP contribution in [0, 0.1) is 0 Å². The highest BCUT2D eigenvalue weighted by molar-refractivity contribution is 5.98. The lowest BCUT2D eigenvalue weighted by molar-refractivity contribution is -0.00603. The van der Waals surface area contributed by atoms with Gasteiger partial charge < -0.3 is 20.1 Å². The largest absolute Gasteiger partial charge is 0.488 e. The fraction of sp³-hybridized carbons (Fsp3) is 0.500. The Morgan fingerprint density at radius 1 is 1.35 bits per heavy atom. The number of aliphatic hydroxyl groups excluding tert-OH is 1. The number of rotatable bonds is 3. The lowest BCUT2D eigenvalue weighted by Gasteiger charge is -2.43. The monoisotopic (exact) mass is 430 g/mol. The van der Waals surface area contributed by atoms with E-state index in [1.807, 2.05) is 13.8 Å². The molecule has 2 N–H and O–H groups in total. The summed E-state index contributed by atoms with van der Waals surface area (Å²) in [7, 11) is 0. The van der Waals surface area contributed by atoms with Crippen LogP contribution in [0.1, 0.15) is 48.3 Å².